The molecule has 4 rings (SSSR count). The monoisotopic (exact) mass is 411 g/mol. The van der Waals surface area contributed by atoms with Crippen molar-refractivity contribution in [1.29, 1.82) is 0 Å². The van der Waals surface area contributed by atoms with E-state index in [1.165, 1.54) is 12.3 Å². The molecule has 0 unspecified atom stereocenters. The molecule has 0 aliphatic carbocycles. The highest BCUT2D eigenvalue weighted by Gasteiger charge is 2.31. The van der Waals surface area contributed by atoms with Crippen LogP contribution in [-0.2, 0) is 13.2 Å². The molecule has 2 aromatic heterocycles. The van der Waals surface area contributed by atoms with E-state index in [1.54, 1.807) is 36.4 Å². The second-order valence-electron chi connectivity index (χ2n) is 6.69. The van der Waals surface area contributed by atoms with Crippen LogP contribution < -0.4 is 10.1 Å². The first kappa shape index (κ1) is 19.5. The molecule has 2 heterocycles. The molecule has 0 aliphatic rings. The van der Waals surface area contributed by atoms with Gasteiger partial charge in [-0.15, -0.1) is 0 Å². The third-order valence-electron chi connectivity index (χ3n) is 4.50. The van der Waals surface area contributed by atoms with E-state index in [2.05, 4.69) is 10.3 Å². The molecule has 8 heteroatoms. The highest BCUT2D eigenvalue weighted by molar-refractivity contribution is 5.88. The van der Waals surface area contributed by atoms with Gasteiger partial charge in [0.1, 0.15) is 11.4 Å². The van der Waals surface area contributed by atoms with Crippen molar-refractivity contribution in [3.63, 3.8) is 0 Å². The van der Waals surface area contributed by atoms with Crippen LogP contribution in [0.2, 0.25) is 0 Å². The molecule has 0 bridgehead atoms. The van der Waals surface area contributed by atoms with E-state index in [1.807, 2.05) is 23.9 Å². The molecule has 0 saturated heterocycles. The van der Waals surface area contributed by atoms with Crippen LogP contribution in [0, 0.1) is 0 Å². The highest BCUT2D eigenvalue weighted by atomic mass is 19.4. The van der Waals surface area contributed by atoms with Crippen molar-refractivity contribution >= 4 is 22.8 Å². The van der Waals surface area contributed by atoms with Gasteiger partial charge in [-0.05, 0) is 48.0 Å². The number of aryl methyl sites for hydroxylation is 1. The summed E-state index contributed by atoms with van der Waals surface area (Å²) in [5.74, 6) is 0.279. The van der Waals surface area contributed by atoms with Crippen molar-refractivity contribution in [2.45, 2.75) is 6.18 Å². The molecule has 0 atom stereocenters. The largest absolute Gasteiger partial charge is 0.417 e. The number of halogens is 3. The SMILES string of the molecule is Cn1ccc2cc(-c3cc(NC(=O)Oc4ccccc4)cc(C(F)(F)F)c3)cnc21. The van der Waals surface area contributed by atoms with Crippen LogP contribution in [0.25, 0.3) is 22.2 Å². The lowest BCUT2D eigenvalue weighted by molar-refractivity contribution is -0.137. The van der Waals surface area contributed by atoms with Gasteiger partial charge in [0.25, 0.3) is 0 Å². The summed E-state index contributed by atoms with van der Waals surface area (Å²) in [6, 6.07) is 15.2. The van der Waals surface area contributed by atoms with E-state index in [0.717, 1.165) is 23.2 Å². The number of carbonyl (C=O) groups excluding carboxylic acids is 1. The third-order valence-corrected chi connectivity index (χ3v) is 4.50. The van der Waals surface area contributed by atoms with Crippen LogP contribution in [-0.4, -0.2) is 15.6 Å². The molecular formula is C22H16F3N3O2. The number of anilines is 1. The van der Waals surface area contributed by atoms with Gasteiger partial charge in [0.2, 0.25) is 0 Å². The standard InChI is InChI=1S/C22H16F3N3O2/c1-28-8-7-14-9-16(13-26-20(14)28)15-10-17(22(23,24)25)12-18(11-15)27-21(29)30-19-5-3-2-4-6-19/h2-13H,1H3,(H,27,29). The number of nitrogens with one attached hydrogen (secondary N) is 1. The lowest BCUT2D eigenvalue weighted by atomic mass is 10.0. The van der Waals surface area contributed by atoms with Gasteiger partial charge in [-0.25, -0.2) is 9.78 Å². The maximum absolute atomic E-state index is 13.4. The van der Waals surface area contributed by atoms with Gasteiger partial charge in [-0.2, -0.15) is 13.2 Å². The molecule has 152 valence electrons. The van der Waals surface area contributed by atoms with Crippen LogP contribution in [0.4, 0.5) is 23.7 Å². The highest BCUT2D eigenvalue weighted by Crippen LogP contribution is 2.35. The van der Waals surface area contributed by atoms with Crippen LogP contribution in [0.3, 0.4) is 0 Å². The fourth-order valence-electron chi connectivity index (χ4n) is 3.08. The Morgan fingerprint density at radius 1 is 1.03 bits per heavy atom. The van der Waals surface area contributed by atoms with E-state index in [4.69, 9.17) is 4.74 Å². The number of alkyl halides is 3. The number of ether oxygens (including phenoxy) is 1. The summed E-state index contributed by atoms with van der Waals surface area (Å²) in [5, 5.41) is 3.17. The van der Waals surface area contributed by atoms with Crippen molar-refractivity contribution < 1.29 is 22.7 Å². The number of hydrogen-bond donors (Lipinski definition) is 1. The van der Waals surface area contributed by atoms with Crippen LogP contribution in [0.1, 0.15) is 5.56 Å². The first-order chi connectivity index (χ1) is 14.3. The molecule has 30 heavy (non-hydrogen) atoms. The molecule has 0 radical (unpaired) electrons. The van der Waals surface area contributed by atoms with Crippen molar-refractivity contribution in [2.75, 3.05) is 5.32 Å². The number of amides is 1. The number of hydrogen-bond acceptors (Lipinski definition) is 3. The van der Waals surface area contributed by atoms with Crippen molar-refractivity contribution in [1.82, 2.24) is 9.55 Å². The zero-order valence-corrected chi connectivity index (χ0v) is 15.8. The summed E-state index contributed by atoms with van der Waals surface area (Å²) >= 11 is 0. The second kappa shape index (κ2) is 7.55. The van der Waals surface area contributed by atoms with E-state index < -0.39 is 17.8 Å². The quantitative estimate of drug-likeness (QED) is 0.459. The van der Waals surface area contributed by atoms with E-state index in [-0.39, 0.29) is 17.0 Å². The summed E-state index contributed by atoms with van der Waals surface area (Å²) < 4.78 is 47.2. The van der Waals surface area contributed by atoms with Crippen LogP contribution in [0.15, 0.2) is 73.1 Å². The van der Waals surface area contributed by atoms with Crippen LogP contribution >= 0.6 is 0 Å². The normalized spacial score (nSPS) is 11.5. The molecule has 4 aromatic rings. The number of pyridine rings is 1. The average Bonchev–Trinajstić information content (AvgIpc) is 3.08. The van der Waals surface area contributed by atoms with Crippen molar-refractivity contribution in [3.05, 3.63) is 78.6 Å². The number of carbonyl (C=O) groups is 1. The topological polar surface area (TPSA) is 56.2 Å². The minimum Gasteiger partial charge on any atom is -0.410 e. The lowest BCUT2D eigenvalue weighted by Crippen LogP contribution is -2.17. The number of benzene rings is 2. The zero-order valence-electron chi connectivity index (χ0n) is 15.8. The van der Waals surface area contributed by atoms with Gasteiger partial charge in [0, 0.05) is 36.1 Å². The Morgan fingerprint density at radius 2 is 1.80 bits per heavy atom. The molecule has 2 aromatic carbocycles. The van der Waals surface area contributed by atoms with Gasteiger partial charge in [-0.3, -0.25) is 5.32 Å². The van der Waals surface area contributed by atoms with Crippen LogP contribution in [0.5, 0.6) is 5.75 Å². The number of rotatable bonds is 3. The van der Waals surface area contributed by atoms with Crippen molar-refractivity contribution in [3.8, 4) is 16.9 Å². The summed E-state index contributed by atoms with van der Waals surface area (Å²) in [4.78, 5) is 16.5. The first-order valence-electron chi connectivity index (χ1n) is 8.97. The fourth-order valence-corrected chi connectivity index (χ4v) is 3.08. The summed E-state index contributed by atoms with van der Waals surface area (Å²) in [7, 11) is 1.83. The van der Waals surface area contributed by atoms with Gasteiger partial charge in [-0.1, -0.05) is 18.2 Å². The van der Waals surface area contributed by atoms with Gasteiger partial charge in [0.15, 0.2) is 0 Å². The molecule has 0 aliphatic heterocycles. The predicted octanol–water partition coefficient (Wildman–Crippen LogP) is 5.87. The van der Waals surface area contributed by atoms with Gasteiger partial charge in [0.05, 0.1) is 5.56 Å². The summed E-state index contributed by atoms with van der Waals surface area (Å²) in [6.45, 7) is 0. The number of aromatic nitrogens is 2. The fraction of sp³-hybridized carbons (Fsp3) is 0.0909. The molecule has 0 saturated carbocycles. The molecule has 0 spiro atoms. The Bertz CT molecular complexity index is 1220. The smallest absolute Gasteiger partial charge is 0.410 e. The molecular weight excluding hydrogens is 395 g/mol. The minimum atomic E-state index is -4.58. The molecule has 0 fully saturated rings. The predicted molar refractivity (Wildman–Crippen MR) is 107 cm³/mol. The maximum Gasteiger partial charge on any atom is 0.417 e. The summed E-state index contributed by atoms with van der Waals surface area (Å²) in [6.07, 6.45) is -2.15. The Hall–Kier alpha value is -3.81. The Balaban J connectivity index is 1.69. The third kappa shape index (κ3) is 4.12. The lowest BCUT2D eigenvalue weighted by Gasteiger charge is -2.13. The second-order valence-corrected chi connectivity index (χ2v) is 6.69. The Kier molecular flexibility index (Phi) is 4.91. The number of para-hydroxylation sites is 1. The Labute approximate surface area is 169 Å². The van der Waals surface area contributed by atoms with Crippen molar-refractivity contribution in [2.24, 2.45) is 7.05 Å². The molecule has 1 N–H and O–H groups in total. The Morgan fingerprint density at radius 3 is 2.53 bits per heavy atom. The van der Waals surface area contributed by atoms with Gasteiger partial charge < -0.3 is 9.30 Å². The maximum atomic E-state index is 13.4. The summed E-state index contributed by atoms with van der Waals surface area (Å²) in [5.41, 5.74) is 0.574. The molecule has 5 nitrogen and oxygen atoms in total. The zero-order chi connectivity index (χ0) is 21.3. The first-order valence-corrected chi connectivity index (χ1v) is 8.97. The van der Waals surface area contributed by atoms with Gasteiger partial charge >= 0.3 is 12.3 Å². The minimum absolute atomic E-state index is 0.0334. The van der Waals surface area contributed by atoms with E-state index >= 15 is 0 Å². The van der Waals surface area contributed by atoms with E-state index in [9.17, 15) is 18.0 Å². The number of fused-ring (bicyclic) bond motifs is 1. The molecule has 1 amide bonds. The number of nitrogens with zero attached hydrogens (tertiary/aromatic N) is 2. The van der Waals surface area contributed by atoms with E-state index in [0.29, 0.717) is 5.56 Å². The average molecular weight is 411 g/mol.